The second-order valence-corrected chi connectivity index (χ2v) is 7.35. The minimum atomic E-state index is -0.190. The molecule has 1 fully saturated rings. The molecule has 1 saturated heterocycles. The molecule has 0 radical (unpaired) electrons. The van der Waals surface area contributed by atoms with Gasteiger partial charge in [0.1, 0.15) is 17.0 Å². The van der Waals surface area contributed by atoms with Gasteiger partial charge < -0.3 is 19.3 Å². The number of rotatable bonds is 5. The number of hydrogen-bond donors (Lipinski definition) is 0. The van der Waals surface area contributed by atoms with Crippen LogP contribution >= 0.6 is 35.6 Å². The second-order valence-electron chi connectivity index (χ2n) is 5.38. The van der Waals surface area contributed by atoms with Crippen LogP contribution in [0.15, 0.2) is 18.3 Å². The molecule has 0 spiro atoms. The lowest BCUT2D eigenvalue weighted by molar-refractivity contribution is -0.137. The standard InChI is InChI=1S/C15H20ClN3O3S2/c1-18(2)15(23)24-10-13(20)19-6-7-21-11(8-19)9-22-12-4-3-5-17-14(12)16/h3-5,11H,6-10H2,1-2H3. The van der Waals surface area contributed by atoms with Gasteiger partial charge in [0, 0.05) is 26.8 Å². The van der Waals surface area contributed by atoms with E-state index >= 15 is 0 Å². The number of morpholine rings is 1. The average Bonchev–Trinajstić information content (AvgIpc) is 2.58. The van der Waals surface area contributed by atoms with Crippen LogP contribution in [0.1, 0.15) is 0 Å². The third-order valence-corrected chi connectivity index (χ3v) is 5.33. The molecule has 132 valence electrons. The van der Waals surface area contributed by atoms with Crippen LogP contribution < -0.4 is 4.74 Å². The summed E-state index contributed by atoms with van der Waals surface area (Å²) in [5.74, 6) is 0.897. The number of amides is 1. The van der Waals surface area contributed by atoms with Gasteiger partial charge in [-0.05, 0) is 12.1 Å². The van der Waals surface area contributed by atoms with Gasteiger partial charge >= 0.3 is 0 Å². The number of halogens is 1. The van der Waals surface area contributed by atoms with Crippen molar-refractivity contribution in [2.24, 2.45) is 0 Å². The largest absolute Gasteiger partial charge is 0.488 e. The summed E-state index contributed by atoms with van der Waals surface area (Å²) in [6.07, 6.45) is 1.41. The Kier molecular flexibility index (Phi) is 7.54. The van der Waals surface area contributed by atoms with Crippen LogP contribution in [-0.4, -0.2) is 77.3 Å². The Hall–Kier alpha value is -1.09. The van der Waals surface area contributed by atoms with Crippen molar-refractivity contribution < 1.29 is 14.3 Å². The van der Waals surface area contributed by atoms with Gasteiger partial charge in [-0.3, -0.25) is 4.79 Å². The molecule has 1 aromatic heterocycles. The molecule has 24 heavy (non-hydrogen) atoms. The minimum Gasteiger partial charge on any atom is -0.488 e. The van der Waals surface area contributed by atoms with E-state index < -0.39 is 0 Å². The lowest BCUT2D eigenvalue weighted by Crippen LogP contribution is -2.48. The van der Waals surface area contributed by atoms with Gasteiger partial charge in [0.15, 0.2) is 10.9 Å². The van der Waals surface area contributed by atoms with E-state index in [9.17, 15) is 4.79 Å². The maximum absolute atomic E-state index is 12.3. The van der Waals surface area contributed by atoms with Crippen LogP contribution in [0, 0.1) is 0 Å². The lowest BCUT2D eigenvalue weighted by atomic mass is 10.3. The maximum Gasteiger partial charge on any atom is 0.233 e. The van der Waals surface area contributed by atoms with Crippen molar-refractivity contribution >= 4 is 45.8 Å². The smallest absolute Gasteiger partial charge is 0.233 e. The van der Waals surface area contributed by atoms with Gasteiger partial charge in [0.05, 0.1) is 18.9 Å². The molecule has 9 heteroatoms. The predicted molar refractivity (Wildman–Crippen MR) is 99.8 cm³/mol. The van der Waals surface area contributed by atoms with E-state index in [0.717, 1.165) is 0 Å². The number of aromatic nitrogens is 1. The molecule has 0 bridgehead atoms. The molecular formula is C15H20ClN3O3S2. The van der Waals surface area contributed by atoms with Crippen LogP contribution in [-0.2, 0) is 9.53 Å². The Morgan fingerprint density at radius 2 is 2.42 bits per heavy atom. The minimum absolute atomic E-state index is 0.0527. The third kappa shape index (κ3) is 5.77. The first-order chi connectivity index (χ1) is 11.5. The number of thiocarbonyl (C=S) groups is 1. The van der Waals surface area contributed by atoms with Crippen molar-refractivity contribution in [3.63, 3.8) is 0 Å². The Bertz CT molecular complexity index is 589. The van der Waals surface area contributed by atoms with E-state index in [1.54, 1.807) is 23.2 Å². The number of pyridine rings is 1. The quantitative estimate of drug-likeness (QED) is 0.563. The number of ether oxygens (including phenoxy) is 2. The number of thioether (sulfide) groups is 1. The molecule has 1 aliphatic heterocycles. The first-order valence-electron chi connectivity index (χ1n) is 7.44. The summed E-state index contributed by atoms with van der Waals surface area (Å²) >= 11 is 12.5. The lowest BCUT2D eigenvalue weighted by Gasteiger charge is -2.33. The summed E-state index contributed by atoms with van der Waals surface area (Å²) in [5.41, 5.74) is 0. The molecule has 1 amide bonds. The number of carbonyl (C=O) groups is 1. The fourth-order valence-corrected chi connectivity index (χ4v) is 3.09. The second kappa shape index (κ2) is 9.41. The van der Waals surface area contributed by atoms with Crippen LogP contribution in [0.25, 0.3) is 0 Å². The Labute approximate surface area is 156 Å². The molecule has 1 aliphatic rings. The Balaban J connectivity index is 1.80. The molecule has 0 aliphatic carbocycles. The van der Waals surface area contributed by atoms with Gasteiger partial charge in [0.2, 0.25) is 5.91 Å². The van der Waals surface area contributed by atoms with E-state index in [1.165, 1.54) is 11.8 Å². The highest BCUT2D eigenvalue weighted by atomic mass is 35.5. The summed E-state index contributed by atoms with van der Waals surface area (Å²) in [6, 6.07) is 3.50. The first kappa shape index (κ1) is 19.2. The van der Waals surface area contributed by atoms with Gasteiger partial charge in [-0.25, -0.2) is 4.98 Å². The van der Waals surface area contributed by atoms with Crippen molar-refractivity contribution in [3.05, 3.63) is 23.5 Å². The molecule has 2 rings (SSSR count). The van der Waals surface area contributed by atoms with Crippen molar-refractivity contribution in [2.45, 2.75) is 6.10 Å². The van der Waals surface area contributed by atoms with Gasteiger partial charge in [0.25, 0.3) is 0 Å². The van der Waals surface area contributed by atoms with Crippen molar-refractivity contribution in [1.82, 2.24) is 14.8 Å². The van der Waals surface area contributed by atoms with Gasteiger partial charge in [-0.1, -0.05) is 35.6 Å². The summed E-state index contributed by atoms with van der Waals surface area (Å²) in [5, 5.41) is 0.315. The summed E-state index contributed by atoms with van der Waals surface area (Å²) < 4.78 is 12.0. The molecule has 0 saturated carbocycles. The van der Waals surface area contributed by atoms with E-state index in [4.69, 9.17) is 33.3 Å². The molecule has 2 heterocycles. The fourth-order valence-electron chi connectivity index (χ4n) is 2.05. The van der Waals surface area contributed by atoms with E-state index in [2.05, 4.69) is 4.98 Å². The zero-order valence-electron chi connectivity index (χ0n) is 13.6. The monoisotopic (exact) mass is 389 g/mol. The van der Waals surface area contributed by atoms with E-state index in [0.29, 0.717) is 47.3 Å². The SMILES string of the molecule is CN(C)C(=S)SCC(=O)N1CCOC(COc2cccnc2Cl)C1. The number of hydrogen-bond acceptors (Lipinski definition) is 6. The normalized spacial score (nSPS) is 17.5. The van der Waals surface area contributed by atoms with E-state index in [-0.39, 0.29) is 12.0 Å². The number of nitrogens with zero attached hydrogens (tertiary/aromatic N) is 3. The van der Waals surface area contributed by atoms with Gasteiger partial charge in [-0.2, -0.15) is 0 Å². The Morgan fingerprint density at radius 3 is 3.12 bits per heavy atom. The van der Waals surface area contributed by atoms with Crippen molar-refractivity contribution in [1.29, 1.82) is 0 Å². The first-order valence-corrected chi connectivity index (χ1v) is 9.21. The summed E-state index contributed by atoms with van der Waals surface area (Å²) in [6.45, 7) is 1.88. The maximum atomic E-state index is 12.3. The molecule has 1 atom stereocenters. The van der Waals surface area contributed by atoms with Gasteiger partial charge in [-0.15, -0.1) is 0 Å². The topological polar surface area (TPSA) is 54.9 Å². The molecule has 0 aromatic carbocycles. The highest BCUT2D eigenvalue weighted by molar-refractivity contribution is 8.23. The zero-order valence-corrected chi connectivity index (χ0v) is 16.0. The number of carbonyl (C=O) groups excluding carboxylic acids is 1. The molecule has 0 N–H and O–H groups in total. The van der Waals surface area contributed by atoms with Crippen LogP contribution in [0.4, 0.5) is 0 Å². The van der Waals surface area contributed by atoms with Crippen molar-refractivity contribution in [3.8, 4) is 5.75 Å². The average molecular weight is 390 g/mol. The highest BCUT2D eigenvalue weighted by Crippen LogP contribution is 2.21. The highest BCUT2D eigenvalue weighted by Gasteiger charge is 2.25. The summed E-state index contributed by atoms with van der Waals surface area (Å²) in [4.78, 5) is 19.9. The fraction of sp³-hybridized carbons (Fsp3) is 0.533. The van der Waals surface area contributed by atoms with E-state index in [1.807, 2.05) is 19.0 Å². The molecule has 6 nitrogen and oxygen atoms in total. The predicted octanol–water partition coefficient (Wildman–Crippen LogP) is 1.92. The van der Waals surface area contributed by atoms with Crippen LogP contribution in [0.5, 0.6) is 5.75 Å². The zero-order chi connectivity index (χ0) is 17.5. The van der Waals surface area contributed by atoms with Crippen molar-refractivity contribution in [2.75, 3.05) is 46.2 Å². The summed E-state index contributed by atoms with van der Waals surface area (Å²) in [7, 11) is 3.73. The molecule has 1 unspecified atom stereocenters. The van der Waals surface area contributed by atoms with Crippen LogP contribution in [0.2, 0.25) is 5.15 Å². The third-order valence-electron chi connectivity index (χ3n) is 3.33. The molecular weight excluding hydrogens is 370 g/mol. The van der Waals surface area contributed by atoms with Crippen LogP contribution in [0.3, 0.4) is 0 Å². The molecule has 1 aromatic rings. The Morgan fingerprint density at radius 1 is 1.62 bits per heavy atom.